The molecule has 4 rings (SSSR count). The molecular weight excluding hydrogens is 305 g/mol. The number of fused-ring (bicyclic) bond motifs is 5. The van der Waals surface area contributed by atoms with Gasteiger partial charge in [-0.2, -0.15) is 5.26 Å². The van der Waals surface area contributed by atoms with Gasteiger partial charge in [-0.3, -0.25) is 9.38 Å². The number of rotatable bonds is 0. The second kappa shape index (κ2) is 4.36. The molecule has 0 aliphatic carbocycles. The van der Waals surface area contributed by atoms with Crippen LogP contribution in [0.1, 0.15) is 5.69 Å². The molecule has 0 radical (unpaired) electrons. The summed E-state index contributed by atoms with van der Waals surface area (Å²) in [6.07, 6.45) is 1.76. The van der Waals surface area contributed by atoms with Crippen molar-refractivity contribution in [3.05, 3.63) is 58.3 Å². The lowest BCUT2D eigenvalue weighted by molar-refractivity contribution is 1.20. The molecule has 0 aliphatic heterocycles. The Morgan fingerprint density at radius 2 is 1.71 bits per heavy atom. The summed E-state index contributed by atoms with van der Waals surface area (Å²) in [5.41, 5.74) is 2.93. The van der Waals surface area contributed by atoms with Gasteiger partial charge in [-0.05, 0) is 12.1 Å². The fourth-order valence-corrected chi connectivity index (χ4v) is 3.02. The molecule has 0 spiro atoms. The second-order valence-corrected chi connectivity index (χ2v) is 5.55. The van der Waals surface area contributed by atoms with Crippen LogP contribution in [0.3, 0.4) is 0 Å². The minimum absolute atomic E-state index is 0.445. The number of hydrogen-bond acceptors (Lipinski definition) is 2. The second-order valence-electron chi connectivity index (χ2n) is 4.74. The minimum Gasteiger partial charge on any atom is -0.297 e. The standard InChI is InChI=1S/C16H7Cl2N3/c17-11-5-13-14(6-12(11)18)21-15(7-19)9-3-1-2-4-10(9)16(21)8-20-13/h1-6,8H. The zero-order valence-corrected chi connectivity index (χ0v) is 12.2. The van der Waals surface area contributed by atoms with Gasteiger partial charge in [0.1, 0.15) is 11.8 Å². The van der Waals surface area contributed by atoms with Crippen molar-refractivity contribution in [2.75, 3.05) is 0 Å². The van der Waals surface area contributed by atoms with Crippen LogP contribution in [0.4, 0.5) is 0 Å². The molecule has 0 amide bonds. The molecule has 0 N–H and O–H groups in total. The highest BCUT2D eigenvalue weighted by molar-refractivity contribution is 6.42. The van der Waals surface area contributed by atoms with E-state index < -0.39 is 0 Å². The lowest BCUT2D eigenvalue weighted by Crippen LogP contribution is -1.93. The molecule has 100 valence electrons. The molecule has 5 heteroatoms. The SMILES string of the molecule is N#Cc1c2ccccc2c2cnc3cc(Cl)c(Cl)cc3n12. The molecule has 2 heterocycles. The van der Waals surface area contributed by atoms with Gasteiger partial charge in [-0.15, -0.1) is 0 Å². The molecule has 0 unspecified atom stereocenters. The molecule has 0 fully saturated rings. The van der Waals surface area contributed by atoms with E-state index in [0.717, 1.165) is 21.8 Å². The van der Waals surface area contributed by atoms with Crippen molar-refractivity contribution in [1.29, 1.82) is 5.26 Å². The molecule has 2 aromatic heterocycles. The summed E-state index contributed by atoms with van der Waals surface area (Å²) < 4.78 is 1.88. The predicted molar refractivity (Wildman–Crippen MR) is 84.9 cm³/mol. The quantitative estimate of drug-likeness (QED) is 0.467. The van der Waals surface area contributed by atoms with Crippen LogP contribution in [-0.2, 0) is 0 Å². The van der Waals surface area contributed by atoms with Crippen LogP contribution in [0.2, 0.25) is 10.0 Å². The average Bonchev–Trinajstić information content (AvgIpc) is 2.83. The third kappa shape index (κ3) is 1.64. The van der Waals surface area contributed by atoms with Gasteiger partial charge in [0.25, 0.3) is 0 Å². The first-order valence-electron chi connectivity index (χ1n) is 6.27. The summed E-state index contributed by atoms with van der Waals surface area (Å²) in [7, 11) is 0. The fraction of sp³-hybridized carbons (Fsp3) is 0. The first kappa shape index (κ1) is 12.5. The summed E-state index contributed by atoms with van der Waals surface area (Å²) >= 11 is 12.2. The molecule has 2 aromatic carbocycles. The molecule has 0 saturated heterocycles. The van der Waals surface area contributed by atoms with Crippen molar-refractivity contribution in [1.82, 2.24) is 9.38 Å². The molecule has 3 nitrogen and oxygen atoms in total. The zero-order valence-electron chi connectivity index (χ0n) is 10.6. The van der Waals surface area contributed by atoms with E-state index in [1.54, 1.807) is 18.3 Å². The van der Waals surface area contributed by atoms with Crippen LogP contribution in [0.25, 0.3) is 27.3 Å². The maximum atomic E-state index is 9.56. The summed E-state index contributed by atoms with van der Waals surface area (Å²) in [5.74, 6) is 0. The van der Waals surface area contributed by atoms with Crippen LogP contribution >= 0.6 is 23.2 Å². The van der Waals surface area contributed by atoms with E-state index in [-0.39, 0.29) is 0 Å². The highest BCUT2D eigenvalue weighted by Gasteiger charge is 2.14. The van der Waals surface area contributed by atoms with Crippen LogP contribution in [0, 0.1) is 11.3 Å². The van der Waals surface area contributed by atoms with Gasteiger partial charge < -0.3 is 0 Å². The van der Waals surface area contributed by atoms with Crippen LogP contribution in [0.15, 0.2) is 42.6 Å². The Hall–Kier alpha value is -2.28. The van der Waals surface area contributed by atoms with E-state index in [2.05, 4.69) is 11.1 Å². The third-order valence-corrected chi connectivity index (χ3v) is 4.33. The van der Waals surface area contributed by atoms with Gasteiger partial charge in [-0.25, -0.2) is 0 Å². The van der Waals surface area contributed by atoms with Crippen molar-refractivity contribution < 1.29 is 0 Å². The van der Waals surface area contributed by atoms with Gasteiger partial charge in [0.2, 0.25) is 0 Å². The van der Waals surface area contributed by atoms with E-state index in [1.165, 1.54) is 0 Å². The minimum atomic E-state index is 0.445. The molecule has 21 heavy (non-hydrogen) atoms. The lowest BCUT2D eigenvalue weighted by Gasteiger charge is -2.05. The van der Waals surface area contributed by atoms with E-state index in [4.69, 9.17) is 23.2 Å². The normalized spacial score (nSPS) is 11.3. The van der Waals surface area contributed by atoms with Crippen molar-refractivity contribution in [2.24, 2.45) is 0 Å². The monoisotopic (exact) mass is 311 g/mol. The summed E-state index contributed by atoms with van der Waals surface area (Å²) in [6.45, 7) is 0. The number of nitrogens with zero attached hydrogens (tertiary/aromatic N) is 3. The van der Waals surface area contributed by atoms with E-state index in [0.29, 0.717) is 21.3 Å². The Labute approximate surface area is 129 Å². The third-order valence-electron chi connectivity index (χ3n) is 3.61. The Morgan fingerprint density at radius 3 is 2.48 bits per heavy atom. The predicted octanol–water partition coefficient (Wildman–Crippen LogP) is 4.82. The number of benzene rings is 2. The maximum absolute atomic E-state index is 9.56. The Bertz CT molecular complexity index is 1070. The first-order chi connectivity index (χ1) is 10.2. The lowest BCUT2D eigenvalue weighted by atomic mass is 10.2. The Balaban J connectivity index is 2.36. The van der Waals surface area contributed by atoms with Crippen molar-refractivity contribution >= 4 is 50.5 Å². The summed E-state index contributed by atoms with van der Waals surface area (Å²) in [4.78, 5) is 4.44. The zero-order chi connectivity index (χ0) is 14.6. The molecule has 0 bridgehead atoms. The first-order valence-corrected chi connectivity index (χ1v) is 7.03. The van der Waals surface area contributed by atoms with Crippen LogP contribution in [-0.4, -0.2) is 9.38 Å². The Kier molecular flexibility index (Phi) is 2.58. The molecule has 0 aliphatic rings. The molecule has 4 aromatic rings. The largest absolute Gasteiger partial charge is 0.297 e. The van der Waals surface area contributed by atoms with Crippen LogP contribution < -0.4 is 0 Å². The number of halogens is 2. The van der Waals surface area contributed by atoms with Gasteiger partial charge in [0.05, 0.1) is 32.8 Å². The molecular formula is C16H7Cl2N3. The van der Waals surface area contributed by atoms with Crippen LogP contribution in [0.5, 0.6) is 0 Å². The van der Waals surface area contributed by atoms with Crippen molar-refractivity contribution in [2.45, 2.75) is 0 Å². The topological polar surface area (TPSA) is 41.1 Å². The van der Waals surface area contributed by atoms with Gasteiger partial charge >= 0.3 is 0 Å². The summed E-state index contributed by atoms with van der Waals surface area (Å²) in [5, 5.41) is 12.3. The molecule has 0 saturated carbocycles. The maximum Gasteiger partial charge on any atom is 0.133 e. The van der Waals surface area contributed by atoms with Crippen molar-refractivity contribution in [3.63, 3.8) is 0 Å². The highest BCUT2D eigenvalue weighted by Crippen LogP contribution is 2.32. The van der Waals surface area contributed by atoms with E-state index in [9.17, 15) is 5.26 Å². The number of nitriles is 1. The van der Waals surface area contributed by atoms with Crippen molar-refractivity contribution in [3.8, 4) is 6.07 Å². The highest BCUT2D eigenvalue weighted by atomic mass is 35.5. The number of aromatic nitrogens is 2. The van der Waals surface area contributed by atoms with Gasteiger partial charge in [-0.1, -0.05) is 47.5 Å². The smallest absolute Gasteiger partial charge is 0.133 e. The Morgan fingerprint density at radius 1 is 1.00 bits per heavy atom. The van der Waals surface area contributed by atoms with E-state index in [1.807, 2.05) is 28.7 Å². The number of hydrogen-bond donors (Lipinski definition) is 0. The van der Waals surface area contributed by atoms with E-state index >= 15 is 0 Å². The van der Waals surface area contributed by atoms with Gasteiger partial charge in [0.15, 0.2) is 0 Å². The fourth-order valence-electron chi connectivity index (χ4n) is 2.70. The molecule has 0 atom stereocenters. The summed E-state index contributed by atoms with van der Waals surface area (Å²) in [6, 6.07) is 13.5. The van der Waals surface area contributed by atoms with Gasteiger partial charge in [0, 0.05) is 10.8 Å². The average molecular weight is 312 g/mol.